The van der Waals surface area contributed by atoms with Crippen LogP contribution in [-0.4, -0.2) is 39.3 Å². The summed E-state index contributed by atoms with van der Waals surface area (Å²) < 4.78 is 6.63. The smallest absolute Gasteiger partial charge is 0.356 e. The lowest BCUT2D eigenvalue weighted by Gasteiger charge is -2.14. The first-order valence-corrected chi connectivity index (χ1v) is 10.1. The number of carbonyl (C=O) groups is 3. The Labute approximate surface area is 166 Å². The Morgan fingerprint density at radius 1 is 1.36 bits per heavy atom. The average molecular weight is 405 g/mol. The lowest BCUT2D eigenvalue weighted by atomic mass is 9.95. The first kappa shape index (κ1) is 20.1. The Morgan fingerprint density at radius 3 is 2.79 bits per heavy atom. The van der Waals surface area contributed by atoms with Crippen LogP contribution in [0.2, 0.25) is 0 Å². The van der Waals surface area contributed by atoms with E-state index >= 15 is 0 Å². The fourth-order valence-corrected chi connectivity index (χ4v) is 4.42. The highest BCUT2D eigenvalue weighted by atomic mass is 32.1. The van der Waals surface area contributed by atoms with Crippen molar-refractivity contribution in [1.29, 1.82) is 0 Å². The van der Waals surface area contributed by atoms with E-state index in [1.165, 1.54) is 28.3 Å². The van der Waals surface area contributed by atoms with Crippen molar-refractivity contribution in [3.05, 3.63) is 34.0 Å². The molecule has 0 radical (unpaired) electrons. The Balaban J connectivity index is 1.83. The molecule has 0 saturated heterocycles. The number of ether oxygens (including phenoxy) is 1. The van der Waals surface area contributed by atoms with Crippen LogP contribution in [0.3, 0.4) is 0 Å². The summed E-state index contributed by atoms with van der Waals surface area (Å²) in [5.74, 6) is -1.93. The van der Waals surface area contributed by atoms with E-state index in [0.717, 1.165) is 42.5 Å². The maximum Gasteiger partial charge on any atom is 0.356 e. The molecule has 0 aromatic carbocycles. The zero-order valence-electron chi connectivity index (χ0n) is 15.9. The van der Waals surface area contributed by atoms with Crippen LogP contribution >= 0.6 is 11.3 Å². The zero-order valence-corrected chi connectivity index (χ0v) is 16.7. The van der Waals surface area contributed by atoms with Crippen LogP contribution in [0.4, 0.5) is 5.00 Å². The molecule has 0 spiro atoms. The third-order valence-corrected chi connectivity index (χ3v) is 5.86. The van der Waals surface area contributed by atoms with Crippen LogP contribution in [0.25, 0.3) is 0 Å². The Morgan fingerprint density at radius 2 is 2.11 bits per heavy atom. The van der Waals surface area contributed by atoms with Crippen molar-refractivity contribution in [2.45, 2.75) is 52.0 Å². The van der Waals surface area contributed by atoms with E-state index in [2.05, 4.69) is 10.4 Å². The first-order chi connectivity index (χ1) is 13.4. The van der Waals surface area contributed by atoms with Gasteiger partial charge in [-0.15, -0.1) is 11.3 Å². The van der Waals surface area contributed by atoms with Gasteiger partial charge in [0.25, 0.3) is 0 Å². The fourth-order valence-electron chi connectivity index (χ4n) is 3.14. The molecule has 28 heavy (non-hydrogen) atoms. The van der Waals surface area contributed by atoms with Gasteiger partial charge in [-0.05, 0) is 50.7 Å². The maximum atomic E-state index is 12.7. The zero-order chi connectivity index (χ0) is 20.3. The summed E-state index contributed by atoms with van der Waals surface area (Å²) in [4.78, 5) is 37.4. The number of carbonyl (C=O) groups excluding carboxylic acids is 2. The van der Waals surface area contributed by atoms with E-state index in [1.54, 1.807) is 6.92 Å². The number of aryl methyl sites for hydroxylation is 1. The molecule has 1 aliphatic rings. The van der Waals surface area contributed by atoms with Gasteiger partial charge in [-0.25, -0.2) is 9.59 Å². The molecule has 2 N–H and O–H groups in total. The molecule has 2 heterocycles. The van der Waals surface area contributed by atoms with Crippen LogP contribution in [0.5, 0.6) is 0 Å². The number of amides is 1. The summed E-state index contributed by atoms with van der Waals surface area (Å²) in [5.41, 5.74) is 1.31. The van der Waals surface area contributed by atoms with Crippen molar-refractivity contribution in [1.82, 2.24) is 9.78 Å². The van der Waals surface area contributed by atoms with Crippen molar-refractivity contribution >= 4 is 34.2 Å². The molecule has 9 heteroatoms. The number of anilines is 1. The Bertz CT molecular complexity index is 902. The number of nitrogens with one attached hydrogen (secondary N) is 1. The molecule has 1 atom stereocenters. The molecule has 8 nitrogen and oxygen atoms in total. The summed E-state index contributed by atoms with van der Waals surface area (Å²) in [6.45, 7) is 3.88. The van der Waals surface area contributed by atoms with E-state index in [9.17, 15) is 14.4 Å². The highest BCUT2D eigenvalue weighted by Crippen LogP contribution is 2.39. The second kappa shape index (κ2) is 8.55. The minimum absolute atomic E-state index is 0.130. The van der Waals surface area contributed by atoms with E-state index in [-0.39, 0.29) is 11.6 Å². The molecule has 0 aliphatic heterocycles. The topological polar surface area (TPSA) is 111 Å². The van der Waals surface area contributed by atoms with Crippen LogP contribution < -0.4 is 5.32 Å². The van der Waals surface area contributed by atoms with E-state index in [4.69, 9.17) is 9.84 Å². The standard InChI is InChI=1S/C19H23N3O5S/c1-3-10-27-19(26)15-12-6-4-5-7-14(12)28-17(15)20-16(23)11(2)22-9-8-13(21-22)18(24)25/h8-9,11H,3-7,10H2,1-2H3,(H,20,23)(H,24,25). The molecule has 1 aliphatic carbocycles. The van der Waals surface area contributed by atoms with Gasteiger partial charge in [0.05, 0.1) is 12.2 Å². The predicted octanol–water partition coefficient (Wildman–Crippen LogP) is 3.29. The largest absolute Gasteiger partial charge is 0.476 e. The highest BCUT2D eigenvalue weighted by molar-refractivity contribution is 7.17. The van der Waals surface area contributed by atoms with Crippen LogP contribution in [0.1, 0.15) is 70.4 Å². The molecule has 0 fully saturated rings. The van der Waals surface area contributed by atoms with Crippen LogP contribution in [0, 0.1) is 0 Å². The van der Waals surface area contributed by atoms with Gasteiger partial charge in [-0.3, -0.25) is 9.48 Å². The number of thiophene rings is 1. The van der Waals surface area contributed by atoms with Gasteiger partial charge in [-0.1, -0.05) is 6.92 Å². The molecular weight excluding hydrogens is 382 g/mol. The lowest BCUT2D eigenvalue weighted by molar-refractivity contribution is -0.119. The molecule has 0 saturated carbocycles. The molecule has 3 rings (SSSR count). The third-order valence-electron chi connectivity index (χ3n) is 4.65. The van der Waals surface area contributed by atoms with Crippen molar-refractivity contribution in [3.63, 3.8) is 0 Å². The normalized spacial score (nSPS) is 14.2. The summed E-state index contributed by atoms with van der Waals surface area (Å²) in [7, 11) is 0. The number of rotatable bonds is 7. The molecule has 2 aromatic rings. The number of aromatic carboxylic acids is 1. The number of fused-ring (bicyclic) bond motifs is 1. The number of hydrogen-bond donors (Lipinski definition) is 2. The number of carboxylic acids is 1. The monoisotopic (exact) mass is 405 g/mol. The van der Waals surface area contributed by atoms with Gasteiger partial charge in [0.15, 0.2) is 5.69 Å². The van der Waals surface area contributed by atoms with Crippen LogP contribution in [0.15, 0.2) is 12.3 Å². The van der Waals surface area contributed by atoms with Crippen molar-refractivity contribution in [2.75, 3.05) is 11.9 Å². The molecule has 2 aromatic heterocycles. The molecule has 1 amide bonds. The van der Waals surface area contributed by atoms with E-state index in [0.29, 0.717) is 17.2 Å². The summed E-state index contributed by atoms with van der Waals surface area (Å²) in [6, 6.07) is 0.607. The van der Waals surface area contributed by atoms with Crippen LogP contribution in [-0.2, 0) is 22.4 Å². The lowest BCUT2D eigenvalue weighted by Crippen LogP contribution is -2.25. The van der Waals surface area contributed by atoms with Gasteiger partial charge in [0.2, 0.25) is 5.91 Å². The van der Waals surface area contributed by atoms with Gasteiger partial charge in [-0.2, -0.15) is 5.10 Å². The van der Waals surface area contributed by atoms with Crippen molar-refractivity contribution in [2.24, 2.45) is 0 Å². The predicted molar refractivity (Wildman–Crippen MR) is 104 cm³/mol. The SMILES string of the molecule is CCCOC(=O)c1c(NC(=O)C(C)n2ccc(C(=O)O)n2)sc2c1CCCC2. The minimum atomic E-state index is -1.15. The van der Waals surface area contributed by atoms with E-state index in [1.807, 2.05) is 6.92 Å². The third kappa shape index (κ3) is 4.09. The number of nitrogens with zero attached hydrogens (tertiary/aromatic N) is 2. The Hall–Kier alpha value is -2.68. The fraction of sp³-hybridized carbons (Fsp3) is 0.474. The first-order valence-electron chi connectivity index (χ1n) is 9.33. The Kier molecular flexibility index (Phi) is 6.13. The van der Waals surface area contributed by atoms with Gasteiger partial charge in [0, 0.05) is 11.1 Å². The second-order valence-electron chi connectivity index (χ2n) is 6.70. The molecule has 1 unspecified atom stereocenters. The molecule has 150 valence electrons. The summed E-state index contributed by atoms with van der Waals surface area (Å²) >= 11 is 1.42. The van der Waals surface area contributed by atoms with Crippen molar-refractivity contribution in [3.8, 4) is 0 Å². The van der Waals surface area contributed by atoms with Crippen molar-refractivity contribution < 1.29 is 24.2 Å². The number of aromatic nitrogens is 2. The summed E-state index contributed by atoms with van der Waals surface area (Å²) in [5, 5.41) is 16.2. The highest BCUT2D eigenvalue weighted by Gasteiger charge is 2.28. The summed E-state index contributed by atoms with van der Waals surface area (Å²) in [6.07, 6.45) is 5.93. The quantitative estimate of drug-likeness (QED) is 0.684. The van der Waals surface area contributed by atoms with Gasteiger partial charge in [0.1, 0.15) is 11.0 Å². The van der Waals surface area contributed by atoms with Gasteiger partial charge < -0.3 is 15.2 Å². The minimum Gasteiger partial charge on any atom is -0.476 e. The molecular formula is C19H23N3O5S. The van der Waals surface area contributed by atoms with Gasteiger partial charge >= 0.3 is 11.9 Å². The average Bonchev–Trinajstić information content (AvgIpc) is 3.30. The number of hydrogen-bond acceptors (Lipinski definition) is 6. The van der Waals surface area contributed by atoms with E-state index < -0.39 is 18.0 Å². The maximum absolute atomic E-state index is 12.7. The number of esters is 1. The number of carboxylic acid groups (broad SMARTS) is 1. The molecule has 0 bridgehead atoms. The second-order valence-corrected chi connectivity index (χ2v) is 7.81.